The zero-order valence-corrected chi connectivity index (χ0v) is 10.7. The van der Waals surface area contributed by atoms with Crippen molar-refractivity contribution < 1.29 is 4.79 Å². The number of aromatic nitrogens is 4. The number of aryl methyl sites for hydroxylation is 1. The van der Waals surface area contributed by atoms with Gasteiger partial charge in [0.15, 0.2) is 0 Å². The molecule has 2 aromatic heterocycles. The minimum absolute atomic E-state index is 0.00431. The molecule has 0 saturated carbocycles. The Kier molecular flexibility index (Phi) is 3.76. The van der Waals surface area contributed by atoms with Gasteiger partial charge >= 0.3 is 0 Å². The van der Waals surface area contributed by atoms with Crippen molar-refractivity contribution in [2.75, 3.05) is 13.1 Å². The molecule has 0 aromatic carbocycles. The molecule has 0 aliphatic rings. The molecule has 1 amide bonds. The molecular weight excluding hydrogens is 230 g/mol. The number of nitrogens with zero attached hydrogens (tertiary/aromatic N) is 5. The zero-order chi connectivity index (χ0) is 13.0. The van der Waals surface area contributed by atoms with Crippen LogP contribution in [0.4, 0.5) is 0 Å². The molecule has 0 fully saturated rings. The molecular formula is C12H17N5O. The van der Waals surface area contributed by atoms with Crippen LogP contribution in [0.25, 0.3) is 0 Å². The lowest BCUT2D eigenvalue weighted by Gasteiger charge is -2.20. The van der Waals surface area contributed by atoms with Crippen molar-refractivity contribution >= 4 is 5.91 Å². The van der Waals surface area contributed by atoms with Crippen molar-refractivity contribution in [3.05, 3.63) is 36.7 Å². The van der Waals surface area contributed by atoms with Crippen LogP contribution >= 0.6 is 0 Å². The van der Waals surface area contributed by atoms with E-state index < -0.39 is 0 Å². The Balaban J connectivity index is 2.00. The van der Waals surface area contributed by atoms with Gasteiger partial charge in [-0.1, -0.05) is 0 Å². The second-order valence-electron chi connectivity index (χ2n) is 4.04. The maximum Gasteiger partial charge on any atom is 0.272 e. The monoisotopic (exact) mass is 247 g/mol. The van der Waals surface area contributed by atoms with Crippen LogP contribution in [-0.2, 0) is 13.6 Å². The molecule has 0 unspecified atom stereocenters. The molecule has 6 nitrogen and oxygen atoms in total. The average Bonchev–Trinajstić information content (AvgIpc) is 3.00. The smallest absolute Gasteiger partial charge is 0.272 e. The summed E-state index contributed by atoms with van der Waals surface area (Å²) >= 11 is 0. The summed E-state index contributed by atoms with van der Waals surface area (Å²) in [6, 6.07) is 1.87. The summed E-state index contributed by atoms with van der Waals surface area (Å²) in [6.07, 6.45) is 6.86. The van der Waals surface area contributed by atoms with Crippen LogP contribution in [0.1, 0.15) is 17.4 Å². The number of rotatable bonds is 5. The highest BCUT2D eigenvalue weighted by molar-refractivity contribution is 5.92. The Morgan fingerprint density at radius 2 is 2.33 bits per heavy atom. The summed E-state index contributed by atoms with van der Waals surface area (Å²) in [4.78, 5) is 18.0. The molecule has 2 heterocycles. The fourth-order valence-corrected chi connectivity index (χ4v) is 1.78. The quantitative estimate of drug-likeness (QED) is 0.784. The lowest BCUT2D eigenvalue weighted by Crippen LogP contribution is -2.34. The molecule has 0 atom stereocenters. The van der Waals surface area contributed by atoms with Crippen LogP contribution in [-0.4, -0.2) is 43.2 Å². The lowest BCUT2D eigenvalue weighted by molar-refractivity contribution is 0.0747. The Bertz CT molecular complexity index is 502. The first kappa shape index (κ1) is 12.3. The highest BCUT2D eigenvalue weighted by Crippen LogP contribution is 2.03. The van der Waals surface area contributed by atoms with E-state index >= 15 is 0 Å². The number of carbonyl (C=O) groups excluding carboxylic acids is 1. The van der Waals surface area contributed by atoms with Crippen molar-refractivity contribution in [1.82, 2.24) is 24.2 Å². The van der Waals surface area contributed by atoms with Crippen molar-refractivity contribution in [3.63, 3.8) is 0 Å². The molecule has 18 heavy (non-hydrogen) atoms. The average molecular weight is 247 g/mol. The molecule has 0 N–H and O–H groups in total. The van der Waals surface area contributed by atoms with Gasteiger partial charge in [-0.15, -0.1) is 0 Å². The van der Waals surface area contributed by atoms with Gasteiger partial charge in [0.05, 0.1) is 19.1 Å². The fourth-order valence-electron chi connectivity index (χ4n) is 1.78. The van der Waals surface area contributed by atoms with E-state index in [2.05, 4.69) is 10.1 Å². The molecule has 2 aromatic rings. The Hall–Kier alpha value is -2.11. The molecule has 0 saturated heterocycles. The summed E-state index contributed by atoms with van der Waals surface area (Å²) in [7, 11) is 1.82. The van der Waals surface area contributed by atoms with Crippen LogP contribution in [0, 0.1) is 0 Å². The van der Waals surface area contributed by atoms with E-state index in [0.717, 1.165) is 0 Å². The van der Waals surface area contributed by atoms with Gasteiger partial charge < -0.3 is 9.47 Å². The number of amides is 1. The van der Waals surface area contributed by atoms with Gasteiger partial charge in [0.2, 0.25) is 0 Å². The van der Waals surface area contributed by atoms with E-state index in [9.17, 15) is 4.79 Å². The zero-order valence-electron chi connectivity index (χ0n) is 10.7. The Labute approximate surface area is 106 Å². The number of hydrogen-bond donors (Lipinski definition) is 0. The largest absolute Gasteiger partial charge is 0.336 e. The van der Waals surface area contributed by atoms with Crippen LogP contribution < -0.4 is 0 Å². The molecule has 0 radical (unpaired) electrons. The molecule has 0 spiro atoms. The van der Waals surface area contributed by atoms with Gasteiger partial charge in [-0.2, -0.15) is 5.10 Å². The number of imidazole rings is 1. The first-order chi connectivity index (χ1) is 8.72. The van der Waals surface area contributed by atoms with E-state index in [1.807, 2.05) is 30.9 Å². The fraction of sp³-hybridized carbons (Fsp3) is 0.417. The third-order valence-electron chi connectivity index (χ3n) is 2.86. The van der Waals surface area contributed by atoms with Crippen LogP contribution in [0.5, 0.6) is 0 Å². The van der Waals surface area contributed by atoms with Gasteiger partial charge in [0.1, 0.15) is 5.69 Å². The topological polar surface area (TPSA) is 56.0 Å². The summed E-state index contributed by atoms with van der Waals surface area (Å²) in [6.45, 7) is 3.98. The molecule has 0 bridgehead atoms. The van der Waals surface area contributed by atoms with E-state index in [1.165, 1.54) is 0 Å². The van der Waals surface area contributed by atoms with Crippen LogP contribution in [0.3, 0.4) is 0 Å². The number of carbonyl (C=O) groups is 1. The maximum absolute atomic E-state index is 12.3. The normalized spacial score (nSPS) is 10.6. The van der Waals surface area contributed by atoms with E-state index in [0.29, 0.717) is 25.3 Å². The van der Waals surface area contributed by atoms with Crippen molar-refractivity contribution in [2.45, 2.75) is 13.5 Å². The standard InChI is InChI=1S/C12H17N5O/c1-3-16(7-8-17-6-4-5-14-17)12(18)11-9-13-10-15(11)2/h4-6,9-10H,3,7-8H2,1-2H3. The molecule has 96 valence electrons. The highest BCUT2D eigenvalue weighted by atomic mass is 16.2. The van der Waals surface area contributed by atoms with E-state index in [1.54, 1.807) is 28.2 Å². The maximum atomic E-state index is 12.3. The molecule has 2 rings (SSSR count). The minimum Gasteiger partial charge on any atom is -0.336 e. The Morgan fingerprint density at radius 1 is 1.50 bits per heavy atom. The van der Waals surface area contributed by atoms with Crippen molar-refractivity contribution in [2.24, 2.45) is 7.05 Å². The summed E-state index contributed by atoms with van der Waals surface area (Å²) < 4.78 is 3.55. The third kappa shape index (κ3) is 2.58. The number of hydrogen-bond acceptors (Lipinski definition) is 3. The van der Waals surface area contributed by atoms with Gasteiger partial charge in [-0.25, -0.2) is 4.98 Å². The van der Waals surface area contributed by atoms with Crippen LogP contribution in [0.15, 0.2) is 31.0 Å². The van der Waals surface area contributed by atoms with Crippen LogP contribution in [0.2, 0.25) is 0 Å². The van der Waals surface area contributed by atoms with E-state index in [4.69, 9.17) is 0 Å². The first-order valence-electron chi connectivity index (χ1n) is 5.95. The number of likely N-dealkylation sites (N-methyl/N-ethyl adjacent to an activating group) is 1. The summed E-state index contributed by atoms with van der Waals surface area (Å²) in [5.74, 6) is 0.00431. The van der Waals surface area contributed by atoms with Gasteiger partial charge in [0, 0.05) is 32.5 Å². The van der Waals surface area contributed by atoms with Gasteiger partial charge in [-0.05, 0) is 13.0 Å². The third-order valence-corrected chi connectivity index (χ3v) is 2.86. The van der Waals surface area contributed by atoms with Crippen molar-refractivity contribution in [3.8, 4) is 0 Å². The van der Waals surface area contributed by atoms with E-state index in [-0.39, 0.29) is 5.91 Å². The Morgan fingerprint density at radius 3 is 2.89 bits per heavy atom. The van der Waals surface area contributed by atoms with Crippen molar-refractivity contribution in [1.29, 1.82) is 0 Å². The molecule has 0 aliphatic heterocycles. The summed E-state index contributed by atoms with van der Waals surface area (Å²) in [5.41, 5.74) is 0.609. The minimum atomic E-state index is 0.00431. The lowest BCUT2D eigenvalue weighted by atomic mass is 10.3. The van der Waals surface area contributed by atoms with Gasteiger partial charge in [0.25, 0.3) is 5.91 Å². The SMILES string of the molecule is CCN(CCn1cccn1)C(=O)c1cncn1C. The predicted molar refractivity (Wildman–Crippen MR) is 67.0 cm³/mol. The predicted octanol–water partition coefficient (Wildman–Crippen LogP) is 0.779. The first-order valence-corrected chi connectivity index (χ1v) is 5.95. The van der Waals surface area contributed by atoms with Gasteiger partial charge in [-0.3, -0.25) is 9.48 Å². The highest BCUT2D eigenvalue weighted by Gasteiger charge is 2.16. The molecule has 0 aliphatic carbocycles. The summed E-state index contributed by atoms with van der Waals surface area (Å²) in [5, 5.41) is 4.12. The second-order valence-corrected chi connectivity index (χ2v) is 4.04. The second kappa shape index (κ2) is 5.48. The molecule has 6 heteroatoms.